The number of fused-ring (bicyclic) bond motifs is 1. The summed E-state index contributed by atoms with van der Waals surface area (Å²) in [6.45, 7) is 5.90. The fraction of sp³-hybridized carbons (Fsp3) is 0.355. The van der Waals surface area contributed by atoms with Crippen LogP contribution in [-0.4, -0.2) is 81.6 Å². The number of halogens is 1. The van der Waals surface area contributed by atoms with Crippen LogP contribution < -0.4 is 23.8 Å². The number of ketones is 1. The fourth-order valence-electron chi connectivity index (χ4n) is 5.34. The van der Waals surface area contributed by atoms with Gasteiger partial charge < -0.3 is 23.8 Å². The summed E-state index contributed by atoms with van der Waals surface area (Å²) in [5.41, 5.74) is 4.36. The number of anilines is 1. The molecular formula is C31H35ClN4O5. The van der Waals surface area contributed by atoms with Gasteiger partial charge in [-0.3, -0.25) is 14.4 Å². The number of hydrogen-bond donors (Lipinski definition) is 0. The lowest BCUT2D eigenvalue weighted by molar-refractivity contribution is 0.0922. The van der Waals surface area contributed by atoms with Gasteiger partial charge in [-0.05, 0) is 48.4 Å². The predicted octanol–water partition coefficient (Wildman–Crippen LogP) is 5.09. The largest absolute Gasteiger partial charge is 0.493 e. The summed E-state index contributed by atoms with van der Waals surface area (Å²) in [6, 6.07) is 15.4. The van der Waals surface area contributed by atoms with E-state index in [2.05, 4.69) is 15.9 Å². The smallest absolute Gasteiger partial charge is 0.197 e. The topological polar surface area (TPSA) is 78.3 Å². The van der Waals surface area contributed by atoms with Crippen LogP contribution in [0.2, 0.25) is 5.02 Å². The standard InChI is InChI=1S/C31H35ClN4O5/c1-20-23(32)7-6-8-24(20)35-13-11-34(12-14-35)19-26(37)31-22-16-29(40-4)30(41-5)17-25(22)36(33-31)18-21-9-10-27(38-2)28(15-21)39-3/h6-10,15-17H,11-14,18-19H2,1-5H3. The van der Waals surface area contributed by atoms with Crippen molar-refractivity contribution in [1.29, 1.82) is 0 Å². The van der Waals surface area contributed by atoms with Gasteiger partial charge in [-0.15, -0.1) is 0 Å². The summed E-state index contributed by atoms with van der Waals surface area (Å²) in [6.07, 6.45) is 0. The molecule has 10 heteroatoms. The Bertz CT molecular complexity index is 1560. The molecule has 0 spiro atoms. The van der Waals surface area contributed by atoms with Gasteiger partial charge in [-0.1, -0.05) is 23.7 Å². The number of carbonyl (C=O) groups is 1. The average Bonchev–Trinajstić information content (AvgIpc) is 3.35. The van der Waals surface area contributed by atoms with Gasteiger partial charge >= 0.3 is 0 Å². The Kier molecular flexibility index (Phi) is 8.56. The molecule has 0 N–H and O–H groups in total. The SMILES string of the molecule is COc1ccc(Cn2nc(C(=O)CN3CCN(c4cccc(Cl)c4C)CC3)c3cc(OC)c(OC)cc32)cc1OC. The third-order valence-electron chi connectivity index (χ3n) is 7.62. The minimum absolute atomic E-state index is 0.0410. The van der Waals surface area contributed by atoms with Crippen LogP contribution in [0.5, 0.6) is 23.0 Å². The van der Waals surface area contributed by atoms with Gasteiger partial charge in [-0.25, -0.2) is 0 Å². The number of nitrogens with zero attached hydrogens (tertiary/aromatic N) is 4. The molecule has 1 fully saturated rings. The van der Waals surface area contributed by atoms with Gasteiger partial charge in [0.2, 0.25) is 0 Å². The zero-order valence-electron chi connectivity index (χ0n) is 24.1. The van der Waals surface area contributed by atoms with Crippen LogP contribution in [0, 0.1) is 6.92 Å². The van der Waals surface area contributed by atoms with Gasteiger partial charge in [0.15, 0.2) is 28.8 Å². The normalized spacial score (nSPS) is 13.9. The first kappa shape index (κ1) is 28.6. The maximum atomic E-state index is 13.7. The van der Waals surface area contributed by atoms with E-state index >= 15 is 0 Å². The van der Waals surface area contributed by atoms with Crippen LogP contribution in [0.15, 0.2) is 48.5 Å². The Labute approximate surface area is 245 Å². The number of piperazine rings is 1. The van der Waals surface area contributed by atoms with Crippen molar-refractivity contribution >= 4 is 34.0 Å². The van der Waals surface area contributed by atoms with E-state index in [0.717, 1.165) is 58.9 Å². The zero-order chi connectivity index (χ0) is 29.1. The van der Waals surface area contributed by atoms with Gasteiger partial charge in [0, 0.05) is 48.3 Å². The van der Waals surface area contributed by atoms with Crippen molar-refractivity contribution in [2.75, 3.05) is 66.1 Å². The highest BCUT2D eigenvalue weighted by Crippen LogP contribution is 2.35. The van der Waals surface area contributed by atoms with Crippen LogP contribution in [0.25, 0.3) is 10.9 Å². The van der Waals surface area contributed by atoms with E-state index in [9.17, 15) is 4.79 Å². The molecule has 1 aliphatic heterocycles. The number of aromatic nitrogens is 2. The molecule has 2 heterocycles. The van der Waals surface area contributed by atoms with E-state index in [0.29, 0.717) is 35.2 Å². The summed E-state index contributed by atoms with van der Waals surface area (Å²) in [5, 5.41) is 6.30. The third-order valence-corrected chi connectivity index (χ3v) is 8.03. The summed E-state index contributed by atoms with van der Waals surface area (Å²) < 4.78 is 23.8. The highest BCUT2D eigenvalue weighted by atomic mass is 35.5. The summed E-state index contributed by atoms with van der Waals surface area (Å²) >= 11 is 6.35. The van der Waals surface area contributed by atoms with E-state index in [1.807, 2.05) is 54.1 Å². The summed E-state index contributed by atoms with van der Waals surface area (Å²) in [7, 11) is 6.39. The monoisotopic (exact) mass is 578 g/mol. The number of hydrogen-bond acceptors (Lipinski definition) is 8. The van der Waals surface area contributed by atoms with Crippen molar-refractivity contribution in [2.24, 2.45) is 0 Å². The number of benzene rings is 3. The minimum atomic E-state index is -0.0410. The first-order chi connectivity index (χ1) is 19.9. The van der Waals surface area contributed by atoms with Crippen LogP contribution >= 0.6 is 11.6 Å². The molecule has 0 bridgehead atoms. The zero-order valence-corrected chi connectivity index (χ0v) is 24.8. The molecule has 9 nitrogen and oxygen atoms in total. The number of ether oxygens (including phenoxy) is 4. The predicted molar refractivity (Wildman–Crippen MR) is 161 cm³/mol. The molecule has 0 aliphatic carbocycles. The second kappa shape index (κ2) is 12.3. The lowest BCUT2D eigenvalue weighted by Gasteiger charge is -2.36. The summed E-state index contributed by atoms with van der Waals surface area (Å²) in [5.74, 6) is 2.35. The molecule has 0 unspecified atom stereocenters. The first-order valence-electron chi connectivity index (χ1n) is 13.5. The average molecular weight is 579 g/mol. The van der Waals surface area contributed by atoms with Gasteiger partial charge in [-0.2, -0.15) is 5.10 Å². The Hall–Kier alpha value is -3.95. The maximum absolute atomic E-state index is 13.7. The molecule has 216 valence electrons. The second-order valence-corrected chi connectivity index (χ2v) is 10.4. The Balaban J connectivity index is 1.40. The molecular weight excluding hydrogens is 544 g/mol. The molecule has 1 aliphatic rings. The maximum Gasteiger partial charge on any atom is 0.197 e. The molecule has 0 atom stereocenters. The van der Waals surface area contributed by atoms with Crippen molar-refractivity contribution < 1.29 is 23.7 Å². The van der Waals surface area contributed by atoms with Gasteiger partial charge in [0.05, 0.1) is 47.0 Å². The van der Waals surface area contributed by atoms with Crippen LogP contribution in [-0.2, 0) is 6.54 Å². The second-order valence-electron chi connectivity index (χ2n) is 9.99. The Morgan fingerprint density at radius 2 is 1.51 bits per heavy atom. The Morgan fingerprint density at radius 3 is 2.20 bits per heavy atom. The highest BCUT2D eigenvalue weighted by Gasteiger charge is 2.25. The van der Waals surface area contributed by atoms with Crippen LogP contribution in [0.4, 0.5) is 5.69 Å². The van der Waals surface area contributed by atoms with E-state index in [1.165, 1.54) is 0 Å². The van der Waals surface area contributed by atoms with Crippen LogP contribution in [0.3, 0.4) is 0 Å². The molecule has 1 aromatic heterocycles. The fourth-order valence-corrected chi connectivity index (χ4v) is 5.51. The number of rotatable bonds is 10. The van der Waals surface area contributed by atoms with E-state index < -0.39 is 0 Å². The number of Topliss-reactive ketones (excluding diaryl/α,β-unsaturated/α-hetero) is 1. The number of carbonyl (C=O) groups excluding carboxylic acids is 1. The molecule has 5 rings (SSSR count). The molecule has 4 aromatic rings. The molecule has 41 heavy (non-hydrogen) atoms. The van der Waals surface area contributed by atoms with Crippen molar-refractivity contribution in [2.45, 2.75) is 13.5 Å². The molecule has 0 amide bonds. The molecule has 0 saturated carbocycles. The highest BCUT2D eigenvalue weighted by molar-refractivity contribution is 6.31. The van der Waals surface area contributed by atoms with Crippen LogP contribution in [0.1, 0.15) is 21.6 Å². The van der Waals surface area contributed by atoms with E-state index in [-0.39, 0.29) is 12.3 Å². The first-order valence-corrected chi connectivity index (χ1v) is 13.8. The summed E-state index contributed by atoms with van der Waals surface area (Å²) in [4.78, 5) is 18.2. The Morgan fingerprint density at radius 1 is 0.854 bits per heavy atom. The molecule has 0 radical (unpaired) electrons. The third kappa shape index (κ3) is 5.78. The van der Waals surface area contributed by atoms with Crippen molar-refractivity contribution in [3.63, 3.8) is 0 Å². The number of methoxy groups -OCH3 is 4. The van der Waals surface area contributed by atoms with E-state index in [4.69, 9.17) is 35.6 Å². The lowest BCUT2D eigenvalue weighted by Crippen LogP contribution is -2.48. The quantitative estimate of drug-likeness (QED) is 0.241. The minimum Gasteiger partial charge on any atom is -0.493 e. The van der Waals surface area contributed by atoms with Gasteiger partial charge in [0.25, 0.3) is 0 Å². The lowest BCUT2D eigenvalue weighted by atomic mass is 10.1. The van der Waals surface area contributed by atoms with Gasteiger partial charge in [0.1, 0.15) is 5.69 Å². The van der Waals surface area contributed by atoms with Crippen molar-refractivity contribution in [1.82, 2.24) is 14.7 Å². The van der Waals surface area contributed by atoms with Crippen molar-refractivity contribution in [3.8, 4) is 23.0 Å². The van der Waals surface area contributed by atoms with Crippen molar-refractivity contribution in [3.05, 3.63) is 70.4 Å². The van der Waals surface area contributed by atoms with E-state index in [1.54, 1.807) is 28.4 Å². The molecule has 3 aromatic carbocycles. The molecule has 1 saturated heterocycles.